The van der Waals surface area contributed by atoms with E-state index in [1.54, 1.807) is 31.2 Å². The van der Waals surface area contributed by atoms with Crippen molar-refractivity contribution in [2.45, 2.75) is 16.4 Å². The molecule has 5 nitrogen and oxygen atoms in total. The number of benzene rings is 1. The predicted octanol–water partition coefficient (Wildman–Crippen LogP) is 3.74. The second-order valence-corrected chi connectivity index (χ2v) is 9.69. The first-order valence-corrected chi connectivity index (χ1v) is 10.1. The summed E-state index contributed by atoms with van der Waals surface area (Å²) in [6.45, 7) is 1.66. The summed E-state index contributed by atoms with van der Waals surface area (Å²) in [6.07, 6.45) is 0. The first-order chi connectivity index (χ1) is 10.9. The van der Waals surface area contributed by atoms with E-state index >= 15 is 0 Å². The van der Waals surface area contributed by atoms with Crippen LogP contribution in [-0.2, 0) is 14.8 Å². The topological polar surface area (TPSA) is 66.8 Å². The van der Waals surface area contributed by atoms with Crippen LogP contribution in [0.3, 0.4) is 0 Å². The molecule has 1 amide bonds. The van der Waals surface area contributed by atoms with Crippen LogP contribution in [0.2, 0.25) is 4.34 Å². The van der Waals surface area contributed by atoms with Crippen LogP contribution in [0.15, 0.2) is 51.7 Å². The standard InChI is InChI=1S/C14H11ClN2O3S3/c1-9-13(18)17(23(19,20)12-8-7-11(15)22-12)14(21-9)16-10-5-3-2-4-6-10/h2-9H,1H3/t9-/m1/s1. The summed E-state index contributed by atoms with van der Waals surface area (Å²) < 4.78 is 26.7. The first-order valence-electron chi connectivity index (χ1n) is 6.54. The molecule has 1 atom stereocenters. The molecular formula is C14H11ClN2O3S3. The zero-order valence-corrected chi connectivity index (χ0v) is 15.0. The normalized spacial score (nSPS) is 20.4. The van der Waals surface area contributed by atoms with Gasteiger partial charge in [-0.25, -0.2) is 4.99 Å². The summed E-state index contributed by atoms with van der Waals surface area (Å²) in [5.74, 6) is -0.505. The molecule has 0 bridgehead atoms. The molecule has 120 valence electrons. The fourth-order valence-corrected chi connectivity index (χ4v) is 6.19. The summed E-state index contributed by atoms with van der Waals surface area (Å²) >= 11 is 7.86. The lowest BCUT2D eigenvalue weighted by atomic mass is 10.3. The Morgan fingerprint density at radius 2 is 1.87 bits per heavy atom. The van der Waals surface area contributed by atoms with Gasteiger partial charge in [-0.1, -0.05) is 41.6 Å². The molecule has 0 radical (unpaired) electrons. The molecule has 1 aromatic heterocycles. The van der Waals surface area contributed by atoms with Crippen LogP contribution < -0.4 is 0 Å². The number of rotatable bonds is 3. The number of halogens is 1. The molecule has 0 N–H and O–H groups in total. The van der Waals surface area contributed by atoms with E-state index in [-0.39, 0.29) is 9.38 Å². The van der Waals surface area contributed by atoms with Gasteiger partial charge in [0.25, 0.3) is 15.9 Å². The van der Waals surface area contributed by atoms with Gasteiger partial charge in [-0.15, -0.1) is 11.3 Å². The smallest absolute Gasteiger partial charge is 0.272 e. The van der Waals surface area contributed by atoms with Gasteiger partial charge in [-0.05, 0) is 31.2 Å². The Bertz CT molecular complexity index is 878. The average Bonchev–Trinajstić information content (AvgIpc) is 3.06. The van der Waals surface area contributed by atoms with E-state index in [9.17, 15) is 13.2 Å². The van der Waals surface area contributed by atoms with Gasteiger partial charge in [0.05, 0.1) is 15.3 Å². The molecule has 0 saturated carbocycles. The quantitative estimate of drug-likeness (QED) is 0.805. The van der Waals surface area contributed by atoms with Gasteiger partial charge in [0.1, 0.15) is 4.21 Å². The van der Waals surface area contributed by atoms with Crippen LogP contribution in [0.25, 0.3) is 0 Å². The molecule has 9 heteroatoms. The number of nitrogens with zero attached hydrogens (tertiary/aromatic N) is 2. The number of amides is 1. The van der Waals surface area contributed by atoms with E-state index in [0.29, 0.717) is 10.0 Å². The third kappa shape index (κ3) is 3.16. The molecule has 2 aromatic rings. The summed E-state index contributed by atoms with van der Waals surface area (Å²) in [7, 11) is -4.00. The summed E-state index contributed by atoms with van der Waals surface area (Å²) in [6, 6.07) is 11.8. The highest BCUT2D eigenvalue weighted by molar-refractivity contribution is 8.17. The molecule has 1 aliphatic heterocycles. The van der Waals surface area contributed by atoms with Crippen LogP contribution in [0, 0.1) is 0 Å². The molecule has 1 saturated heterocycles. The lowest BCUT2D eigenvalue weighted by molar-refractivity contribution is -0.122. The van der Waals surface area contributed by atoms with Gasteiger partial charge < -0.3 is 0 Å². The van der Waals surface area contributed by atoms with Gasteiger partial charge >= 0.3 is 0 Å². The minimum absolute atomic E-state index is 0.0197. The van der Waals surface area contributed by atoms with Crippen molar-refractivity contribution in [1.82, 2.24) is 4.31 Å². The van der Waals surface area contributed by atoms with Gasteiger partial charge in [0.15, 0.2) is 5.17 Å². The number of para-hydroxylation sites is 1. The van der Waals surface area contributed by atoms with E-state index in [0.717, 1.165) is 27.4 Å². The van der Waals surface area contributed by atoms with E-state index in [4.69, 9.17) is 11.6 Å². The molecule has 3 rings (SSSR count). The maximum atomic E-state index is 12.8. The first kappa shape index (κ1) is 16.5. The molecule has 1 fully saturated rings. The molecular weight excluding hydrogens is 376 g/mol. The third-order valence-corrected chi connectivity index (χ3v) is 7.57. The number of sulfonamides is 1. The Morgan fingerprint density at radius 1 is 1.17 bits per heavy atom. The molecule has 1 aromatic carbocycles. The number of hydrogen-bond acceptors (Lipinski definition) is 6. The SMILES string of the molecule is C[C@H]1SC(=Nc2ccccc2)N(S(=O)(=O)c2ccc(Cl)s2)C1=O. The molecule has 1 aliphatic rings. The number of thioether (sulfide) groups is 1. The van der Waals surface area contributed by atoms with Crippen molar-refractivity contribution in [3.05, 3.63) is 46.8 Å². The van der Waals surface area contributed by atoms with Crippen molar-refractivity contribution >= 4 is 61.5 Å². The van der Waals surface area contributed by atoms with Crippen molar-refractivity contribution in [3.63, 3.8) is 0 Å². The monoisotopic (exact) mass is 386 g/mol. The third-order valence-electron chi connectivity index (χ3n) is 3.03. The van der Waals surface area contributed by atoms with Crippen LogP contribution in [-0.4, -0.2) is 29.0 Å². The maximum Gasteiger partial charge on any atom is 0.282 e. The summed E-state index contributed by atoms with van der Waals surface area (Å²) in [5, 5.41) is -0.360. The van der Waals surface area contributed by atoms with Gasteiger partial charge in [-0.2, -0.15) is 12.7 Å². The van der Waals surface area contributed by atoms with Crippen LogP contribution in [0.1, 0.15) is 6.92 Å². The lowest BCUT2D eigenvalue weighted by Gasteiger charge is -2.15. The zero-order valence-electron chi connectivity index (χ0n) is 11.8. The van der Waals surface area contributed by atoms with Crippen molar-refractivity contribution in [2.75, 3.05) is 0 Å². The summed E-state index contributed by atoms with van der Waals surface area (Å²) in [5.41, 5.74) is 0.585. The second-order valence-electron chi connectivity index (χ2n) is 4.66. The van der Waals surface area contributed by atoms with E-state index in [1.165, 1.54) is 12.1 Å². The number of hydrogen-bond donors (Lipinski definition) is 0. The van der Waals surface area contributed by atoms with E-state index in [2.05, 4.69) is 4.99 Å². The Hall–Kier alpha value is -1.35. The Balaban J connectivity index is 2.07. The number of thiophene rings is 1. The fraction of sp³-hybridized carbons (Fsp3) is 0.143. The minimum atomic E-state index is -4.00. The number of aliphatic imine (C=N–C) groups is 1. The van der Waals surface area contributed by atoms with E-state index in [1.807, 2.05) is 6.07 Å². The zero-order chi connectivity index (χ0) is 16.6. The number of carbonyl (C=O) groups is 1. The second kappa shape index (κ2) is 6.27. The van der Waals surface area contributed by atoms with Gasteiger partial charge in [-0.3, -0.25) is 4.79 Å². The number of amidine groups is 1. The maximum absolute atomic E-state index is 12.8. The van der Waals surface area contributed by atoms with Crippen LogP contribution in [0.5, 0.6) is 0 Å². The Kier molecular flexibility index (Phi) is 4.50. The highest BCUT2D eigenvalue weighted by Gasteiger charge is 2.44. The minimum Gasteiger partial charge on any atom is -0.272 e. The predicted molar refractivity (Wildman–Crippen MR) is 94.0 cm³/mol. The van der Waals surface area contributed by atoms with Crippen LogP contribution in [0.4, 0.5) is 5.69 Å². The van der Waals surface area contributed by atoms with Crippen molar-refractivity contribution in [3.8, 4) is 0 Å². The van der Waals surface area contributed by atoms with Crippen molar-refractivity contribution in [2.24, 2.45) is 4.99 Å². The van der Waals surface area contributed by atoms with Gasteiger partial charge in [0, 0.05) is 0 Å². The summed E-state index contributed by atoms with van der Waals surface area (Å²) in [4.78, 5) is 16.7. The fourth-order valence-electron chi connectivity index (χ4n) is 1.95. The molecule has 0 aliphatic carbocycles. The van der Waals surface area contributed by atoms with Crippen molar-refractivity contribution < 1.29 is 13.2 Å². The molecule has 0 unspecified atom stereocenters. The Labute approximate surface area is 147 Å². The van der Waals surface area contributed by atoms with Gasteiger partial charge in [0.2, 0.25) is 0 Å². The average molecular weight is 387 g/mol. The van der Waals surface area contributed by atoms with Crippen LogP contribution >= 0.6 is 34.7 Å². The molecule has 23 heavy (non-hydrogen) atoms. The lowest BCUT2D eigenvalue weighted by Crippen LogP contribution is -2.36. The highest BCUT2D eigenvalue weighted by Crippen LogP contribution is 2.36. The molecule has 0 spiro atoms. The molecule has 2 heterocycles. The highest BCUT2D eigenvalue weighted by atomic mass is 35.5. The largest absolute Gasteiger partial charge is 0.282 e. The number of carbonyl (C=O) groups excluding carboxylic acids is 1. The van der Waals surface area contributed by atoms with E-state index < -0.39 is 21.2 Å². The van der Waals surface area contributed by atoms with Crippen molar-refractivity contribution in [1.29, 1.82) is 0 Å². The Morgan fingerprint density at radius 3 is 2.48 bits per heavy atom.